The lowest BCUT2D eigenvalue weighted by Crippen LogP contribution is -2.20. The van der Waals surface area contributed by atoms with Crippen LogP contribution in [-0.2, 0) is 0 Å². The predicted octanol–water partition coefficient (Wildman–Crippen LogP) is 4.42. The second kappa shape index (κ2) is 5.82. The summed E-state index contributed by atoms with van der Waals surface area (Å²) in [6.45, 7) is 0.611. The van der Waals surface area contributed by atoms with Gasteiger partial charge in [-0.15, -0.1) is 0 Å². The zero-order chi connectivity index (χ0) is 14.8. The molecule has 0 aliphatic carbocycles. The van der Waals surface area contributed by atoms with Crippen LogP contribution in [0.1, 0.15) is 18.0 Å². The molecule has 21 heavy (non-hydrogen) atoms. The smallest absolute Gasteiger partial charge is 0.126 e. The number of nitrogens with one attached hydrogen (secondary N) is 1. The third-order valence-electron chi connectivity index (χ3n) is 3.46. The highest BCUT2D eigenvalue weighted by Gasteiger charge is 2.22. The number of halogens is 2. The van der Waals surface area contributed by atoms with Gasteiger partial charge in [0.15, 0.2) is 0 Å². The Kier molecular flexibility index (Phi) is 3.88. The van der Waals surface area contributed by atoms with Gasteiger partial charge in [0.25, 0.3) is 0 Å². The first-order valence-electron chi connectivity index (χ1n) is 6.69. The molecule has 0 aromatic heterocycles. The number of hydrogen-bond donors (Lipinski definition) is 1. The number of rotatable bonds is 3. The maximum Gasteiger partial charge on any atom is 0.126 e. The van der Waals surface area contributed by atoms with E-state index in [-0.39, 0.29) is 11.9 Å². The molecule has 5 heteroatoms. The van der Waals surface area contributed by atoms with Crippen LogP contribution in [0.4, 0.5) is 10.1 Å². The molecule has 0 radical (unpaired) electrons. The van der Waals surface area contributed by atoms with Gasteiger partial charge in [0.05, 0.1) is 19.8 Å². The molecule has 1 atom stereocenters. The van der Waals surface area contributed by atoms with E-state index in [4.69, 9.17) is 21.1 Å². The predicted molar refractivity (Wildman–Crippen MR) is 80.9 cm³/mol. The van der Waals surface area contributed by atoms with Crippen LogP contribution in [-0.4, -0.2) is 13.7 Å². The molecule has 2 aromatic rings. The summed E-state index contributed by atoms with van der Waals surface area (Å²) in [6, 6.07) is 10.1. The van der Waals surface area contributed by atoms with E-state index >= 15 is 0 Å². The van der Waals surface area contributed by atoms with Crippen molar-refractivity contribution >= 4 is 17.3 Å². The highest BCUT2D eigenvalue weighted by atomic mass is 35.5. The number of anilines is 1. The third-order valence-corrected chi connectivity index (χ3v) is 3.68. The van der Waals surface area contributed by atoms with Crippen molar-refractivity contribution in [2.75, 3.05) is 19.0 Å². The average molecular weight is 308 g/mol. The normalized spacial score (nSPS) is 16.8. The van der Waals surface area contributed by atoms with Crippen LogP contribution in [0, 0.1) is 5.82 Å². The standard InChI is InChI=1S/C16H15ClFNO2/c1-20-13-2-3-16-14(9-13)15(4-5-21-16)19-12-7-10(17)6-11(18)8-12/h2-3,6-9,15,19H,4-5H2,1H3. The van der Waals surface area contributed by atoms with Crippen LogP contribution in [0.3, 0.4) is 0 Å². The van der Waals surface area contributed by atoms with Gasteiger partial charge in [0.2, 0.25) is 0 Å². The van der Waals surface area contributed by atoms with Gasteiger partial charge in [0, 0.05) is 22.7 Å². The van der Waals surface area contributed by atoms with E-state index in [0.717, 1.165) is 23.5 Å². The third kappa shape index (κ3) is 3.05. The molecule has 0 fully saturated rings. The van der Waals surface area contributed by atoms with E-state index in [2.05, 4.69) is 5.32 Å². The Morgan fingerprint density at radius 3 is 2.90 bits per heavy atom. The fourth-order valence-electron chi connectivity index (χ4n) is 2.49. The Morgan fingerprint density at radius 1 is 1.29 bits per heavy atom. The molecule has 3 nitrogen and oxygen atoms in total. The van der Waals surface area contributed by atoms with Gasteiger partial charge in [-0.1, -0.05) is 11.6 Å². The second-order valence-corrected chi connectivity index (χ2v) is 5.33. The van der Waals surface area contributed by atoms with Gasteiger partial charge in [-0.2, -0.15) is 0 Å². The number of benzene rings is 2. The fraction of sp³-hybridized carbons (Fsp3) is 0.250. The maximum atomic E-state index is 13.4. The van der Waals surface area contributed by atoms with Crippen molar-refractivity contribution in [3.8, 4) is 11.5 Å². The summed E-state index contributed by atoms with van der Waals surface area (Å²) in [5.74, 6) is 1.23. The van der Waals surface area contributed by atoms with Crippen molar-refractivity contribution in [2.45, 2.75) is 12.5 Å². The zero-order valence-corrected chi connectivity index (χ0v) is 12.3. The monoisotopic (exact) mass is 307 g/mol. The molecule has 1 aliphatic rings. The first kappa shape index (κ1) is 14.0. The minimum atomic E-state index is -0.358. The zero-order valence-electron chi connectivity index (χ0n) is 11.5. The van der Waals surface area contributed by atoms with Crippen molar-refractivity contribution in [3.05, 3.63) is 52.8 Å². The minimum absolute atomic E-state index is 0.0294. The lowest BCUT2D eigenvalue weighted by molar-refractivity contribution is 0.273. The molecule has 0 amide bonds. The van der Waals surface area contributed by atoms with Gasteiger partial charge >= 0.3 is 0 Å². The summed E-state index contributed by atoms with van der Waals surface area (Å²) in [5.41, 5.74) is 1.65. The average Bonchev–Trinajstić information content (AvgIpc) is 2.46. The first-order valence-corrected chi connectivity index (χ1v) is 7.07. The van der Waals surface area contributed by atoms with Crippen LogP contribution in [0.15, 0.2) is 36.4 Å². The van der Waals surface area contributed by atoms with E-state index in [9.17, 15) is 4.39 Å². The van der Waals surface area contributed by atoms with Crippen LogP contribution >= 0.6 is 11.6 Å². The summed E-state index contributed by atoms with van der Waals surface area (Å²) < 4.78 is 24.3. The summed E-state index contributed by atoms with van der Waals surface area (Å²) in [7, 11) is 1.63. The molecule has 1 N–H and O–H groups in total. The Balaban J connectivity index is 1.90. The highest BCUT2D eigenvalue weighted by molar-refractivity contribution is 6.30. The van der Waals surface area contributed by atoms with E-state index < -0.39 is 0 Å². The van der Waals surface area contributed by atoms with Gasteiger partial charge in [-0.3, -0.25) is 0 Å². The summed E-state index contributed by atoms with van der Waals surface area (Å²) in [5, 5.41) is 3.68. The van der Waals surface area contributed by atoms with Crippen LogP contribution < -0.4 is 14.8 Å². The SMILES string of the molecule is COc1ccc2c(c1)C(Nc1cc(F)cc(Cl)c1)CCO2. The quantitative estimate of drug-likeness (QED) is 0.910. The maximum absolute atomic E-state index is 13.4. The van der Waals surface area contributed by atoms with Gasteiger partial charge in [-0.05, 0) is 36.4 Å². The number of methoxy groups -OCH3 is 1. The Hall–Kier alpha value is -1.94. The van der Waals surface area contributed by atoms with Gasteiger partial charge in [-0.25, -0.2) is 4.39 Å². The largest absolute Gasteiger partial charge is 0.497 e. The number of ether oxygens (including phenoxy) is 2. The molecule has 0 spiro atoms. The lowest BCUT2D eigenvalue weighted by Gasteiger charge is -2.28. The van der Waals surface area contributed by atoms with Crippen molar-refractivity contribution in [3.63, 3.8) is 0 Å². The molecule has 1 heterocycles. The van der Waals surface area contributed by atoms with Crippen molar-refractivity contribution < 1.29 is 13.9 Å². The molecule has 0 bridgehead atoms. The van der Waals surface area contributed by atoms with Crippen LogP contribution in [0.2, 0.25) is 5.02 Å². The summed E-state index contributed by atoms with van der Waals surface area (Å²) in [4.78, 5) is 0. The molecular formula is C16H15ClFNO2. The van der Waals surface area contributed by atoms with E-state index in [0.29, 0.717) is 17.3 Å². The highest BCUT2D eigenvalue weighted by Crippen LogP contribution is 2.37. The fourth-order valence-corrected chi connectivity index (χ4v) is 2.71. The molecule has 1 unspecified atom stereocenters. The van der Waals surface area contributed by atoms with E-state index in [1.807, 2.05) is 18.2 Å². The topological polar surface area (TPSA) is 30.5 Å². The molecule has 3 rings (SSSR count). The van der Waals surface area contributed by atoms with Gasteiger partial charge < -0.3 is 14.8 Å². The Morgan fingerprint density at radius 2 is 2.14 bits per heavy atom. The molecular weight excluding hydrogens is 293 g/mol. The van der Waals surface area contributed by atoms with E-state index in [1.165, 1.54) is 12.1 Å². The first-order chi connectivity index (χ1) is 10.2. The van der Waals surface area contributed by atoms with Crippen LogP contribution in [0.25, 0.3) is 0 Å². The summed E-state index contributed by atoms with van der Waals surface area (Å²) in [6.07, 6.45) is 0.786. The molecule has 0 saturated carbocycles. The Labute approximate surface area is 127 Å². The van der Waals surface area contributed by atoms with Crippen molar-refractivity contribution in [1.29, 1.82) is 0 Å². The number of hydrogen-bond acceptors (Lipinski definition) is 3. The molecule has 0 saturated heterocycles. The molecule has 1 aliphatic heterocycles. The molecule has 110 valence electrons. The minimum Gasteiger partial charge on any atom is -0.497 e. The van der Waals surface area contributed by atoms with Crippen molar-refractivity contribution in [1.82, 2.24) is 0 Å². The number of fused-ring (bicyclic) bond motifs is 1. The van der Waals surface area contributed by atoms with Crippen LogP contribution in [0.5, 0.6) is 11.5 Å². The lowest BCUT2D eigenvalue weighted by atomic mass is 10.00. The Bertz CT molecular complexity index is 642. The second-order valence-electron chi connectivity index (χ2n) is 4.90. The van der Waals surface area contributed by atoms with E-state index in [1.54, 1.807) is 13.2 Å². The molecule has 2 aromatic carbocycles. The van der Waals surface area contributed by atoms with Crippen molar-refractivity contribution in [2.24, 2.45) is 0 Å². The summed E-state index contributed by atoms with van der Waals surface area (Å²) >= 11 is 5.89. The van der Waals surface area contributed by atoms with Gasteiger partial charge in [0.1, 0.15) is 17.3 Å².